The summed E-state index contributed by atoms with van der Waals surface area (Å²) in [7, 11) is 1.77. The van der Waals surface area contributed by atoms with Crippen molar-refractivity contribution >= 4 is 44.8 Å². The van der Waals surface area contributed by atoms with E-state index in [-0.39, 0.29) is 41.3 Å². The average Bonchev–Trinajstić information content (AvgIpc) is 2.92. The van der Waals surface area contributed by atoms with E-state index in [2.05, 4.69) is 31.5 Å². The number of amides is 2. The molecule has 3 aliphatic heterocycles. The van der Waals surface area contributed by atoms with Crippen molar-refractivity contribution in [2.45, 2.75) is 69.5 Å². The van der Waals surface area contributed by atoms with Crippen LogP contribution in [-0.2, 0) is 0 Å². The first-order valence-electron chi connectivity index (χ1n) is 13.3. The molecular formula is C27H33BrN6O4. The maximum Gasteiger partial charge on any atom is 0.294 e. The van der Waals surface area contributed by atoms with Crippen molar-refractivity contribution in [2.24, 2.45) is 0 Å². The molecule has 10 nitrogen and oxygen atoms in total. The van der Waals surface area contributed by atoms with Crippen LogP contribution in [0.25, 0.3) is 0 Å². The number of carbonyl (C=O) groups excluding carboxylic acids is 2. The molecular weight excluding hydrogens is 552 g/mol. The molecule has 0 unspecified atom stereocenters. The fourth-order valence-electron chi connectivity index (χ4n) is 6.21. The summed E-state index contributed by atoms with van der Waals surface area (Å²) in [6.07, 6.45) is 10.8. The quantitative estimate of drug-likeness (QED) is 0.359. The standard InChI is InChI=1S/C27H33BrN6O4/c1-29-20-11-17(14-30-15-20)26(35)32-10-4-5-19(16-32)31-25-23(12-18(28)13-24(25)34(37)38)27(36)33-21-6-2-7-22(33)9-3-8-21/h11-15,19,21-22,29,31H,2-10,16H2,1H3/t19-,21?,22?/m1/s1. The average molecular weight is 586 g/mol. The fourth-order valence-corrected chi connectivity index (χ4v) is 6.65. The highest BCUT2D eigenvalue weighted by Gasteiger charge is 2.39. The molecule has 2 bridgehead atoms. The zero-order valence-electron chi connectivity index (χ0n) is 21.5. The molecule has 1 atom stereocenters. The first-order chi connectivity index (χ1) is 18.4. The molecule has 2 aromatic rings. The fraction of sp³-hybridized carbons (Fsp3) is 0.519. The number of hydrogen-bond acceptors (Lipinski definition) is 7. The lowest BCUT2D eigenvalue weighted by atomic mass is 9.84. The summed E-state index contributed by atoms with van der Waals surface area (Å²) >= 11 is 3.39. The van der Waals surface area contributed by atoms with Crippen LogP contribution in [0.3, 0.4) is 0 Å². The molecule has 4 heterocycles. The number of anilines is 2. The van der Waals surface area contributed by atoms with Gasteiger partial charge in [-0.05, 0) is 63.5 Å². The second kappa shape index (κ2) is 11.3. The Labute approximate surface area is 230 Å². The van der Waals surface area contributed by atoms with Crippen LogP contribution in [0.4, 0.5) is 17.1 Å². The van der Waals surface area contributed by atoms with Gasteiger partial charge >= 0.3 is 0 Å². The van der Waals surface area contributed by atoms with Gasteiger partial charge < -0.3 is 20.4 Å². The van der Waals surface area contributed by atoms with E-state index >= 15 is 0 Å². The summed E-state index contributed by atoms with van der Waals surface area (Å²) in [6.45, 7) is 0.963. The summed E-state index contributed by atoms with van der Waals surface area (Å²) in [5, 5.41) is 18.5. The van der Waals surface area contributed by atoms with Crippen molar-refractivity contribution in [3.05, 3.63) is 56.3 Å². The summed E-state index contributed by atoms with van der Waals surface area (Å²) in [4.78, 5) is 46.8. The van der Waals surface area contributed by atoms with E-state index in [1.54, 1.807) is 36.5 Å². The van der Waals surface area contributed by atoms with Crippen molar-refractivity contribution in [1.82, 2.24) is 14.8 Å². The Balaban J connectivity index is 1.42. The number of carbonyl (C=O) groups is 2. The summed E-state index contributed by atoms with van der Waals surface area (Å²) in [5.41, 5.74) is 1.65. The molecule has 2 N–H and O–H groups in total. The Bertz CT molecular complexity index is 1220. The molecule has 0 saturated carbocycles. The molecule has 202 valence electrons. The molecule has 3 aliphatic rings. The smallest absolute Gasteiger partial charge is 0.294 e. The van der Waals surface area contributed by atoms with Crippen LogP contribution >= 0.6 is 15.9 Å². The van der Waals surface area contributed by atoms with Gasteiger partial charge in [-0.25, -0.2) is 0 Å². The number of nitro groups is 1. The van der Waals surface area contributed by atoms with Crippen LogP contribution < -0.4 is 10.6 Å². The van der Waals surface area contributed by atoms with Gasteiger partial charge in [0.25, 0.3) is 17.5 Å². The largest absolute Gasteiger partial charge is 0.387 e. The first kappa shape index (κ1) is 26.4. The van der Waals surface area contributed by atoms with Gasteiger partial charge in [-0.1, -0.05) is 15.9 Å². The molecule has 5 rings (SSSR count). The topological polar surface area (TPSA) is 121 Å². The van der Waals surface area contributed by atoms with Gasteiger partial charge in [0.2, 0.25) is 0 Å². The van der Waals surface area contributed by atoms with Gasteiger partial charge in [-0.2, -0.15) is 0 Å². The number of nitro benzene ring substituents is 1. The van der Waals surface area contributed by atoms with Gasteiger partial charge in [-0.15, -0.1) is 0 Å². The van der Waals surface area contributed by atoms with E-state index in [1.165, 1.54) is 6.07 Å². The Kier molecular flexibility index (Phi) is 7.83. The van der Waals surface area contributed by atoms with Crippen LogP contribution in [0.15, 0.2) is 35.1 Å². The molecule has 38 heavy (non-hydrogen) atoms. The lowest BCUT2D eigenvalue weighted by Gasteiger charge is -2.46. The summed E-state index contributed by atoms with van der Waals surface area (Å²) in [5.74, 6) is -0.283. The van der Waals surface area contributed by atoms with Gasteiger partial charge in [0.1, 0.15) is 5.69 Å². The highest BCUT2D eigenvalue weighted by Crippen LogP contribution is 2.39. The number of hydrogen-bond donors (Lipinski definition) is 2. The maximum atomic E-state index is 14.0. The van der Waals surface area contributed by atoms with Crippen LogP contribution in [0.5, 0.6) is 0 Å². The minimum absolute atomic E-state index is 0.135. The number of fused-ring (bicyclic) bond motifs is 2. The zero-order valence-corrected chi connectivity index (χ0v) is 23.1. The third-order valence-corrected chi connectivity index (χ3v) is 8.47. The van der Waals surface area contributed by atoms with E-state index in [0.717, 1.165) is 57.1 Å². The van der Waals surface area contributed by atoms with Crippen LogP contribution in [0, 0.1) is 10.1 Å². The van der Waals surface area contributed by atoms with Gasteiger partial charge in [0.15, 0.2) is 0 Å². The predicted molar refractivity (Wildman–Crippen MR) is 149 cm³/mol. The van der Waals surface area contributed by atoms with E-state index in [1.807, 2.05) is 4.90 Å². The SMILES string of the molecule is CNc1cncc(C(=O)N2CCC[C@@H](Nc3c(C(=O)N4C5CCCC4CCC5)cc(Br)cc3[N+](=O)[O-])C2)c1. The molecule has 2 amide bonds. The Morgan fingerprint density at radius 2 is 1.74 bits per heavy atom. The minimum atomic E-state index is -0.443. The number of piperidine rings is 3. The minimum Gasteiger partial charge on any atom is -0.387 e. The first-order valence-corrected chi connectivity index (χ1v) is 14.1. The Hall–Kier alpha value is -3.21. The third kappa shape index (κ3) is 5.34. The van der Waals surface area contributed by atoms with Crippen molar-refractivity contribution < 1.29 is 14.5 Å². The van der Waals surface area contributed by atoms with Crippen molar-refractivity contribution in [3.8, 4) is 0 Å². The molecule has 3 fully saturated rings. The zero-order chi connectivity index (χ0) is 26.8. The van der Waals surface area contributed by atoms with Crippen molar-refractivity contribution in [3.63, 3.8) is 0 Å². The molecule has 0 aliphatic carbocycles. The van der Waals surface area contributed by atoms with E-state index in [0.29, 0.717) is 28.7 Å². The van der Waals surface area contributed by atoms with Crippen LogP contribution in [-0.4, -0.2) is 69.8 Å². The molecule has 0 radical (unpaired) electrons. The van der Waals surface area contributed by atoms with Crippen molar-refractivity contribution in [2.75, 3.05) is 30.8 Å². The number of nitrogens with one attached hydrogen (secondary N) is 2. The number of nitrogens with zero attached hydrogens (tertiary/aromatic N) is 4. The monoisotopic (exact) mass is 584 g/mol. The highest BCUT2D eigenvalue weighted by atomic mass is 79.9. The number of pyridine rings is 1. The normalized spacial score (nSPS) is 23.1. The second-order valence-corrected chi connectivity index (χ2v) is 11.3. The lowest BCUT2D eigenvalue weighted by molar-refractivity contribution is -0.384. The van der Waals surface area contributed by atoms with Gasteiger partial charge in [0, 0.05) is 61.2 Å². The molecule has 1 aromatic carbocycles. The van der Waals surface area contributed by atoms with Gasteiger partial charge in [-0.3, -0.25) is 24.7 Å². The third-order valence-electron chi connectivity index (χ3n) is 8.01. The Morgan fingerprint density at radius 3 is 2.39 bits per heavy atom. The lowest BCUT2D eigenvalue weighted by Crippen LogP contribution is -2.52. The number of aromatic nitrogens is 1. The number of rotatable bonds is 6. The molecule has 11 heteroatoms. The number of benzene rings is 1. The van der Waals surface area contributed by atoms with E-state index < -0.39 is 4.92 Å². The molecule has 3 saturated heterocycles. The molecule has 0 spiro atoms. The van der Waals surface area contributed by atoms with E-state index in [9.17, 15) is 19.7 Å². The predicted octanol–water partition coefficient (Wildman–Crippen LogP) is 5.06. The maximum absolute atomic E-state index is 14.0. The number of likely N-dealkylation sites (tertiary alicyclic amines) is 1. The van der Waals surface area contributed by atoms with E-state index in [4.69, 9.17) is 0 Å². The summed E-state index contributed by atoms with van der Waals surface area (Å²) in [6, 6.07) is 5.04. The second-order valence-electron chi connectivity index (χ2n) is 10.4. The van der Waals surface area contributed by atoms with Crippen molar-refractivity contribution in [1.29, 1.82) is 0 Å². The van der Waals surface area contributed by atoms with Gasteiger partial charge in [0.05, 0.1) is 21.7 Å². The van der Waals surface area contributed by atoms with Crippen LogP contribution in [0.2, 0.25) is 0 Å². The molecule has 1 aromatic heterocycles. The van der Waals surface area contributed by atoms with Crippen LogP contribution in [0.1, 0.15) is 72.1 Å². The Morgan fingerprint density at radius 1 is 1.03 bits per heavy atom. The number of halogens is 1. The summed E-state index contributed by atoms with van der Waals surface area (Å²) < 4.78 is 0.498. The highest BCUT2D eigenvalue weighted by molar-refractivity contribution is 9.10.